The summed E-state index contributed by atoms with van der Waals surface area (Å²) in [4.78, 5) is 14.8. The molecule has 0 saturated carbocycles. The third-order valence-corrected chi connectivity index (χ3v) is 3.97. The first-order valence-corrected chi connectivity index (χ1v) is 8.27. The lowest BCUT2D eigenvalue weighted by Crippen LogP contribution is -2.38. The third-order valence-electron chi connectivity index (χ3n) is 3.72. The Balaban J connectivity index is 2.58. The van der Waals surface area contributed by atoms with E-state index in [0.717, 1.165) is 6.41 Å². The molecule has 0 aliphatic heterocycles. The third kappa shape index (κ3) is 4.06. The van der Waals surface area contributed by atoms with Crippen LogP contribution in [0.4, 0.5) is 17.1 Å². The van der Waals surface area contributed by atoms with E-state index in [0.29, 0.717) is 27.9 Å². The molecule has 0 atom stereocenters. The summed E-state index contributed by atoms with van der Waals surface area (Å²) in [6.07, 6.45) is 0.721. The van der Waals surface area contributed by atoms with E-state index in [4.69, 9.17) is 22.4 Å². The number of nitrogens with one attached hydrogen (secondary N) is 2. The molecule has 0 spiro atoms. The van der Waals surface area contributed by atoms with E-state index in [-0.39, 0.29) is 11.8 Å². The van der Waals surface area contributed by atoms with Gasteiger partial charge < -0.3 is 0 Å². The molecule has 6 heteroatoms. The Bertz CT molecular complexity index is 786. The van der Waals surface area contributed by atoms with E-state index in [1.165, 1.54) is 4.90 Å². The van der Waals surface area contributed by atoms with Gasteiger partial charge in [0.15, 0.2) is 0 Å². The van der Waals surface area contributed by atoms with Gasteiger partial charge in [0.2, 0.25) is 6.41 Å². The molecule has 130 valence electrons. The number of carbonyl (C=O) groups excluding carboxylic acids is 1. The maximum atomic E-state index is 11.8. The van der Waals surface area contributed by atoms with E-state index < -0.39 is 0 Å². The van der Waals surface area contributed by atoms with Gasteiger partial charge in [-0.25, -0.2) is 0 Å². The summed E-state index contributed by atoms with van der Waals surface area (Å²) in [6.45, 7) is 5.43. The Morgan fingerprint density at radius 2 is 1.60 bits per heavy atom. The molecule has 0 aromatic heterocycles. The number of para-hydroxylation sites is 2. The average molecular weight is 357 g/mol. The average Bonchev–Trinajstić information content (AvgIpc) is 2.58. The molecular weight excluding hydrogens is 336 g/mol. The van der Waals surface area contributed by atoms with Crippen molar-refractivity contribution in [2.75, 3.05) is 9.80 Å². The molecule has 0 bridgehead atoms. The number of carbonyl (C=O) groups is 1. The fourth-order valence-corrected chi connectivity index (χ4v) is 2.59. The van der Waals surface area contributed by atoms with E-state index in [1.807, 2.05) is 26.0 Å². The molecule has 0 radical (unpaired) electrons. The van der Waals surface area contributed by atoms with Crippen LogP contribution in [0.2, 0.25) is 5.02 Å². The van der Waals surface area contributed by atoms with Crippen LogP contribution in [0.5, 0.6) is 0 Å². The van der Waals surface area contributed by atoms with Gasteiger partial charge in [-0.2, -0.15) is 0 Å². The predicted molar refractivity (Wildman–Crippen MR) is 105 cm³/mol. The first kappa shape index (κ1) is 18.7. The Labute approximate surface area is 152 Å². The normalized spacial score (nSPS) is 10.4. The van der Waals surface area contributed by atoms with Crippen LogP contribution in [0.15, 0.2) is 48.5 Å². The van der Waals surface area contributed by atoms with Crippen LogP contribution in [0, 0.1) is 16.7 Å². The van der Waals surface area contributed by atoms with Gasteiger partial charge in [0, 0.05) is 16.6 Å². The quantitative estimate of drug-likeness (QED) is 0.446. The van der Waals surface area contributed by atoms with Gasteiger partial charge >= 0.3 is 0 Å². The highest BCUT2D eigenvalue weighted by atomic mass is 35.5. The second-order valence-corrected chi connectivity index (χ2v) is 6.34. The number of benzene rings is 2. The molecule has 2 rings (SSSR count). The van der Waals surface area contributed by atoms with Crippen molar-refractivity contribution in [2.45, 2.75) is 20.8 Å². The maximum absolute atomic E-state index is 11.8. The highest BCUT2D eigenvalue weighted by molar-refractivity contribution is 6.30. The molecule has 0 unspecified atom stereocenters. The van der Waals surface area contributed by atoms with Crippen molar-refractivity contribution in [3.05, 3.63) is 53.6 Å². The van der Waals surface area contributed by atoms with E-state index in [2.05, 4.69) is 0 Å². The number of amides is 1. The fraction of sp³-hybridized carbons (Fsp3) is 0.211. The first-order chi connectivity index (χ1) is 11.9. The first-order valence-electron chi connectivity index (χ1n) is 7.89. The molecule has 2 aromatic carbocycles. The zero-order valence-corrected chi connectivity index (χ0v) is 15.2. The van der Waals surface area contributed by atoms with Crippen molar-refractivity contribution in [2.24, 2.45) is 5.92 Å². The van der Waals surface area contributed by atoms with Gasteiger partial charge in [-0.1, -0.05) is 37.6 Å². The lowest BCUT2D eigenvalue weighted by Gasteiger charge is -2.30. The number of rotatable bonds is 5. The number of hydrogen-bond donors (Lipinski definition) is 2. The van der Waals surface area contributed by atoms with Gasteiger partial charge in [0.05, 0.1) is 11.4 Å². The zero-order valence-electron chi connectivity index (χ0n) is 14.5. The molecule has 0 fully saturated rings. The smallest absolute Gasteiger partial charge is 0.218 e. The highest BCUT2D eigenvalue weighted by Crippen LogP contribution is 2.34. The Morgan fingerprint density at radius 1 is 1.04 bits per heavy atom. The Morgan fingerprint density at radius 3 is 2.08 bits per heavy atom. The molecule has 25 heavy (non-hydrogen) atoms. The summed E-state index contributed by atoms with van der Waals surface area (Å²) >= 11 is 5.93. The molecule has 2 aromatic rings. The molecule has 0 saturated heterocycles. The highest BCUT2D eigenvalue weighted by Gasteiger charge is 2.22. The van der Waals surface area contributed by atoms with Gasteiger partial charge in [-0.15, -0.1) is 0 Å². The molecule has 0 heterocycles. The summed E-state index contributed by atoms with van der Waals surface area (Å²) in [5.74, 6) is 0.448. The minimum atomic E-state index is -0.0615. The second kappa shape index (κ2) is 7.94. The van der Waals surface area contributed by atoms with Crippen LogP contribution in [-0.4, -0.2) is 18.1 Å². The van der Waals surface area contributed by atoms with Crippen molar-refractivity contribution in [1.29, 1.82) is 10.8 Å². The van der Waals surface area contributed by atoms with Crippen LogP contribution in [0.1, 0.15) is 20.8 Å². The van der Waals surface area contributed by atoms with E-state index in [1.54, 1.807) is 48.2 Å². The predicted octanol–water partition coefficient (Wildman–Crippen LogP) is 5.07. The lowest BCUT2D eigenvalue weighted by atomic mass is 10.1. The van der Waals surface area contributed by atoms with Gasteiger partial charge in [-0.3, -0.25) is 25.4 Å². The topological polar surface area (TPSA) is 71.2 Å². The largest absolute Gasteiger partial charge is 0.288 e. The molecule has 2 N–H and O–H groups in total. The monoisotopic (exact) mass is 356 g/mol. The van der Waals surface area contributed by atoms with Crippen molar-refractivity contribution >= 4 is 46.7 Å². The standard InChI is InChI=1S/C19H21ClN4O/c1-13(2)19(22)24(14(3)21)18-7-5-4-6-17(18)23(12-25)16-10-8-15(20)9-11-16/h4-13,21-22H,1-3H3. The summed E-state index contributed by atoms with van der Waals surface area (Å²) in [6, 6.07) is 14.2. The van der Waals surface area contributed by atoms with Crippen LogP contribution in [0.3, 0.4) is 0 Å². The van der Waals surface area contributed by atoms with Crippen molar-refractivity contribution in [3.63, 3.8) is 0 Å². The van der Waals surface area contributed by atoms with Crippen LogP contribution >= 0.6 is 11.6 Å². The van der Waals surface area contributed by atoms with E-state index >= 15 is 0 Å². The summed E-state index contributed by atoms with van der Waals surface area (Å²) in [5.41, 5.74) is 1.86. The molecule has 0 aliphatic carbocycles. The number of anilines is 3. The minimum absolute atomic E-state index is 0.0615. The molecule has 5 nitrogen and oxygen atoms in total. The summed E-state index contributed by atoms with van der Waals surface area (Å²) < 4.78 is 0. The lowest BCUT2D eigenvalue weighted by molar-refractivity contribution is -0.106. The van der Waals surface area contributed by atoms with Crippen LogP contribution < -0.4 is 9.80 Å². The summed E-state index contributed by atoms with van der Waals surface area (Å²) in [5, 5.41) is 17.0. The van der Waals surface area contributed by atoms with Gasteiger partial charge in [0.1, 0.15) is 11.7 Å². The van der Waals surface area contributed by atoms with Crippen LogP contribution in [-0.2, 0) is 4.79 Å². The number of hydrogen-bond acceptors (Lipinski definition) is 3. The summed E-state index contributed by atoms with van der Waals surface area (Å²) in [7, 11) is 0. The number of halogens is 1. The van der Waals surface area contributed by atoms with E-state index in [9.17, 15) is 4.79 Å². The van der Waals surface area contributed by atoms with Gasteiger partial charge in [0.25, 0.3) is 0 Å². The maximum Gasteiger partial charge on any atom is 0.218 e. The number of amidine groups is 2. The Kier molecular flexibility index (Phi) is 5.93. The molecule has 1 amide bonds. The van der Waals surface area contributed by atoms with Gasteiger partial charge in [-0.05, 0) is 43.3 Å². The molecular formula is C19H21ClN4O. The van der Waals surface area contributed by atoms with Crippen LogP contribution in [0.25, 0.3) is 0 Å². The Hall–Kier alpha value is -2.66. The fourth-order valence-electron chi connectivity index (χ4n) is 2.46. The zero-order chi connectivity index (χ0) is 18.6. The van der Waals surface area contributed by atoms with Crippen molar-refractivity contribution in [3.8, 4) is 0 Å². The SMILES string of the molecule is CC(=N)N(C(=N)C(C)C)c1ccccc1N(C=O)c1ccc(Cl)cc1. The van der Waals surface area contributed by atoms with Crippen molar-refractivity contribution < 1.29 is 4.79 Å². The number of nitrogens with zero attached hydrogens (tertiary/aromatic N) is 2. The molecule has 0 aliphatic rings. The van der Waals surface area contributed by atoms with Crippen molar-refractivity contribution in [1.82, 2.24) is 0 Å². The second-order valence-electron chi connectivity index (χ2n) is 5.90. The minimum Gasteiger partial charge on any atom is -0.288 e.